The minimum absolute atomic E-state index is 0.0739. The minimum Gasteiger partial charge on any atom is -0.273 e. The number of hydrogen-bond acceptors (Lipinski definition) is 5. The second kappa shape index (κ2) is 10.4. The van der Waals surface area contributed by atoms with Gasteiger partial charge in [-0.3, -0.25) is 20.4 Å². The van der Waals surface area contributed by atoms with Crippen LogP contribution in [0, 0.1) is 20.8 Å². The van der Waals surface area contributed by atoms with Gasteiger partial charge in [0.2, 0.25) is 21.8 Å². The van der Waals surface area contributed by atoms with E-state index in [-0.39, 0.29) is 29.5 Å². The number of aryl methyl sites for hydroxylation is 3. The molecule has 2 amide bonds. The maximum Gasteiger partial charge on any atom is 0.248 e. The van der Waals surface area contributed by atoms with Crippen LogP contribution in [0.1, 0.15) is 23.1 Å². The van der Waals surface area contributed by atoms with Crippen molar-refractivity contribution in [2.24, 2.45) is 0 Å². The number of sulfonamides is 1. The Morgan fingerprint density at radius 2 is 1.52 bits per heavy atom. The van der Waals surface area contributed by atoms with Gasteiger partial charge >= 0.3 is 0 Å². The summed E-state index contributed by atoms with van der Waals surface area (Å²) in [5.41, 5.74) is 7.21. The molecular formula is C20H25N3O4S2. The lowest BCUT2D eigenvalue weighted by Gasteiger charge is -2.11. The largest absolute Gasteiger partial charge is 0.273 e. The van der Waals surface area contributed by atoms with Gasteiger partial charge in [-0.15, -0.1) is 11.8 Å². The molecule has 3 N–H and O–H groups in total. The zero-order valence-electron chi connectivity index (χ0n) is 16.6. The molecule has 156 valence electrons. The Hall–Kier alpha value is -2.36. The molecule has 2 aromatic rings. The number of carbonyl (C=O) groups is 2. The molecule has 0 unspecified atom stereocenters. The van der Waals surface area contributed by atoms with Crippen molar-refractivity contribution in [3.05, 3.63) is 59.2 Å². The number of hydrogen-bond donors (Lipinski definition) is 3. The van der Waals surface area contributed by atoms with Gasteiger partial charge in [0.15, 0.2) is 0 Å². The first-order chi connectivity index (χ1) is 13.7. The molecule has 9 heteroatoms. The second-order valence-electron chi connectivity index (χ2n) is 6.61. The van der Waals surface area contributed by atoms with Gasteiger partial charge in [0.05, 0.1) is 10.6 Å². The topological polar surface area (TPSA) is 104 Å². The number of nitrogens with one attached hydrogen (secondary N) is 3. The quantitative estimate of drug-likeness (QED) is 0.436. The molecule has 0 fully saturated rings. The summed E-state index contributed by atoms with van der Waals surface area (Å²) in [6.45, 7) is 5.44. The normalized spacial score (nSPS) is 11.1. The maximum atomic E-state index is 12.4. The molecule has 0 bridgehead atoms. The van der Waals surface area contributed by atoms with Crippen LogP contribution >= 0.6 is 11.8 Å². The van der Waals surface area contributed by atoms with Crippen LogP contribution in [0.4, 0.5) is 0 Å². The molecule has 0 radical (unpaired) electrons. The number of benzene rings is 2. The summed E-state index contributed by atoms with van der Waals surface area (Å²) in [6.07, 6.45) is -0.102. The van der Waals surface area contributed by atoms with E-state index >= 15 is 0 Å². The lowest BCUT2D eigenvalue weighted by molar-refractivity contribution is -0.127. The lowest BCUT2D eigenvalue weighted by atomic mass is 10.2. The molecule has 2 aromatic carbocycles. The molecule has 2 rings (SSSR count). The first-order valence-electron chi connectivity index (χ1n) is 9.01. The van der Waals surface area contributed by atoms with E-state index in [2.05, 4.69) is 15.6 Å². The number of amides is 2. The van der Waals surface area contributed by atoms with Gasteiger partial charge in [-0.2, -0.15) is 0 Å². The monoisotopic (exact) mass is 435 g/mol. The highest BCUT2D eigenvalue weighted by molar-refractivity contribution is 8.00. The van der Waals surface area contributed by atoms with E-state index in [9.17, 15) is 18.0 Å². The average Bonchev–Trinajstić information content (AvgIpc) is 2.67. The maximum absolute atomic E-state index is 12.4. The van der Waals surface area contributed by atoms with Gasteiger partial charge in [0.25, 0.3) is 0 Å². The summed E-state index contributed by atoms with van der Waals surface area (Å²) in [7, 11) is -3.70. The standard InChI is InChI=1S/C20H25N3O4S2/c1-14-5-8-17(9-6-14)28-13-20(25)23-22-19(24)10-11-21-29(26,27)18-12-15(2)4-7-16(18)3/h4-9,12,21H,10-11,13H2,1-3H3,(H,22,24)(H,23,25). The van der Waals surface area contributed by atoms with Crippen molar-refractivity contribution in [3.8, 4) is 0 Å². The van der Waals surface area contributed by atoms with Gasteiger partial charge in [-0.1, -0.05) is 29.8 Å². The van der Waals surface area contributed by atoms with Gasteiger partial charge in [-0.25, -0.2) is 13.1 Å². The van der Waals surface area contributed by atoms with E-state index in [1.54, 1.807) is 19.1 Å². The highest BCUT2D eigenvalue weighted by Gasteiger charge is 2.17. The average molecular weight is 436 g/mol. The number of rotatable bonds is 8. The minimum atomic E-state index is -3.70. The lowest BCUT2D eigenvalue weighted by Crippen LogP contribution is -2.43. The van der Waals surface area contributed by atoms with Crippen molar-refractivity contribution in [2.45, 2.75) is 37.0 Å². The van der Waals surface area contributed by atoms with Crippen molar-refractivity contribution < 1.29 is 18.0 Å². The summed E-state index contributed by atoms with van der Waals surface area (Å²) in [4.78, 5) is 24.8. The Balaban J connectivity index is 1.72. The van der Waals surface area contributed by atoms with E-state index in [1.807, 2.05) is 44.2 Å². The fourth-order valence-corrected chi connectivity index (χ4v) is 4.45. The van der Waals surface area contributed by atoms with Crippen LogP contribution in [-0.4, -0.2) is 32.5 Å². The first kappa shape index (κ1) is 22.9. The smallest absolute Gasteiger partial charge is 0.248 e. The number of carbonyl (C=O) groups excluding carboxylic acids is 2. The molecule has 0 saturated carbocycles. The number of thioether (sulfide) groups is 1. The molecule has 0 heterocycles. The molecule has 0 aliphatic heterocycles. The van der Waals surface area contributed by atoms with E-state index in [0.29, 0.717) is 5.56 Å². The summed E-state index contributed by atoms with van der Waals surface area (Å²) in [5, 5.41) is 0. The SMILES string of the molecule is Cc1ccc(SCC(=O)NNC(=O)CCNS(=O)(=O)c2cc(C)ccc2C)cc1. The third kappa shape index (κ3) is 7.52. The van der Waals surface area contributed by atoms with E-state index < -0.39 is 15.9 Å². The molecular weight excluding hydrogens is 410 g/mol. The van der Waals surface area contributed by atoms with Crippen LogP contribution in [-0.2, 0) is 19.6 Å². The van der Waals surface area contributed by atoms with E-state index in [0.717, 1.165) is 16.0 Å². The van der Waals surface area contributed by atoms with E-state index in [1.165, 1.54) is 11.8 Å². The molecule has 7 nitrogen and oxygen atoms in total. The van der Waals surface area contributed by atoms with Gasteiger partial charge in [0, 0.05) is 17.9 Å². The summed E-state index contributed by atoms with van der Waals surface area (Å²) in [6, 6.07) is 12.9. The Morgan fingerprint density at radius 1 is 0.897 bits per heavy atom. The highest BCUT2D eigenvalue weighted by Crippen LogP contribution is 2.18. The van der Waals surface area contributed by atoms with Crippen molar-refractivity contribution in [1.82, 2.24) is 15.6 Å². The van der Waals surface area contributed by atoms with Crippen molar-refractivity contribution >= 4 is 33.6 Å². The Kier molecular flexibility index (Phi) is 8.24. The fourth-order valence-electron chi connectivity index (χ4n) is 2.39. The van der Waals surface area contributed by atoms with Crippen LogP contribution in [0.25, 0.3) is 0 Å². The van der Waals surface area contributed by atoms with Crippen LogP contribution in [0.3, 0.4) is 0 Å². The second-order valence-corrected chi connectivity index (χ2v) is 9.40. The van der Waals surface area contributed by atoms with Gasteiger partial charge in [-0.05, 0) is 50.1 Å². The molecule has 0 atom stereocenters. The zero-order valence-corrected chi connectivity index (χ0v) is 18.2. The van der Waals surface area contributed by atoms with Gasteiger partial charge < -0.3 is 0 Å². The zero-order chi connectivity index (χ0) is 21.4. The Morgan fingerprint density at radius 3 is 2.21 bits per heavy atom. The molecule has 0 aliphatic carbocycles. The molecule has 0 aliphatic rings. The van der Waals surface area contributed by atoms with Gasteiger partial charge in [0.1, 0.15) is 0 Å². The van der Waals surface area contributed by atoms with E-state index in [4.69, 9.17) is 0 Å². The van der Waals surface area contributed by atoms with Crippen LogP contribution < -0.4 is 15.6 Å². The molecule has 0 aromatic heterocycles. The summed E-state index contributed by atoms with van der Waals surface area (Å²) >= 11 is 1.36. The first-order valence-corrected chi connectivity index (χ1v) is 11.5. The Labute approximate surface area is 175 Å². The third-order valence-electron chi connectivity index (χ3n) is 4.01. The van der Waals surface area contributed by atoms with Crippen LogP contribution in [0.15, 0.2) is 52.3 Å². The van der Waals surface area contributed by atoms with Crippen molar-refractivity contribution in [2.75, 3.05) is 12.3 Å². The predicted octanol–water partition coefficient (Wildman–Crippen LogP) is 2.22. The fraction of sp³-hybridized carbons (Fsp3) is 0.300. The van der Waals surface area contributed by atoms with Crippen LogP contribution in [0.5, 0.6) is 0 Å². The number of hydrazine groups is 1. The molecule has 0 saturated heterocycles. The highest BCUT2D eigenvalue weighted by atomic mass is 32.2. The van der Waals surface area contributed by atoms with Crippen LogP contribution in [0.2, 0.25) is 0 Å². The Bertz CT molecular complexity index is 974. The predicted molar refractivity (Wildman–Crippen MR) is 114 cm³/mol. The summed E-state index contributed by atoms with van der Waals surface area (Å²) < 4.78 is 27.2. The third-order valence-corrected chi connectivity index (χ3v) is 6.62. The van der Waals surface area contributed by atoms with Crippen molar-refractivity contribution in [3.63, 3.8) is 0 Å². The summed E-state index contributed by atoms with van der Waals surface area (Å²) in [5.74, 6) is -0.676. The molecule has 0 spiro atoms. The van der Waals surface area contributed by atoms with Crippen molar-refractivity contribution in [1.29, 1.82) is 0 Å². The molecule has 29 heavy (non-hydrogen) atoms.